The highest BCUT2D eigenvalue weighted by atomic mass is 32.2. The van der Waals surface area contributed by atoms with Gasteiger partial charge in [0.25, 0.3) is 0 Å². The first-order chi connectivity index (χ1) is 19.0. The molecule has 0 unspecified atom stereocenters. The van der Waals surface area contributed by atoms with Crippen molar-refractivity contribution in [2.75, 3.05) is 13.2 Å². The maximum absolute atomic E-state index is 14.0. The molecule has 39 heavy (non-hydrogen) atoms. The highest BCUT2D eigenvalue weighted by Crippen LogP contribution is 2.52. The Kier molecular flexibility index (Phi) is 6.04. The third kappa shape index (κ3) is 4.44. The van der Waals surface area contributed by atoms with Gasteiger partial charge in [-0.05, 0) is 89.6 Å². The van der Waals surface area contributed by atoms with Gasteiger partial charge in [0.15, 0.2) is 16.7 Å². The quantitative estimate of drug-likeness (QED) is 0.338. The molecule has 3 aliphatic heterocycles. The maximum atomic E-state index is 14.0. The molecular weight excluding hydrogens is 514 g/mol. The second-order valence-corrected chi connectivity index (χ2v) is 11.1. The summed E-state index contributed by atoms with van der Waals surface area (Å²) in [6.45, 7) is 3.32. The topological polar surface area (TPSA) is 34.1 Å². The number of halogens is 2. The van der Waals surface area contributed by atoms with Gasteiger partial charge in [0.2, 0.25) is 0 Å². The summed E-state index contributed by atoms with van der Waals surface area (Å²) in [5, 5.41) is 3.01. The smallest absolute Gasteiger partial charge is 0.174 e. The molecule has 0 N–H and O–H groups in total. The first-order valence-electron chi connectivity index (χ1n) is 13.1. The molecule has 3 heterocycles. The van der Waals surface area contributed by atoms with Crippen molar-refractivity contribution in [2.45, 2.75) is 25.8 Å². The van der Waals surface area contributed by atoms with E-state index in [0.717, 1.165) is 63.2 Å². The van der Waals surface area contributed by atoms with Gasteiger partial charge < -0.3 is 14.4 Å². The summed E-state index contributed by atoms with van der Waals surface area (Å²) in [4.78, 5) is 7.49. The molecule has 0 fully saturated rings. The third-order valence-electron chi connectivity index (χ3n) is 7.52. The lowest BCUT2D eigenvalue weighted by molar-refractivity contribution is 0.171. The van der Waals surface area contributed by atoms with Crippen LogP contribution in [0.3, 0.4) is 0 Å². The molecule has 7 heteroatoms. The summed E-state index contributed by atoms with van der Waals surface area (Å²) < 4.78 is 39.2. The van der Waals surface area contributed by atoms with E-state index in [0.29, 0.717) is 19.1 Å². The van der Waals surface area contributed by atoms with Crippen molar-refractivity contribution < 1.29 is 18.3 Å². The van der Waals surface area contributed by atoms with Crippen LogP contribution in [0.15, 0.2) is 94.0 Å². The predicted octanol–water partition coefficient (Wildman–Crippen LogP) is 7.96. The molecule has 0 bridgehead atoms. The van der Waals surface area contributed by atoms with Crippen LogP contribution in [0.2, 0.25) is 0 Å². The number of hydrogen-bond acceptors (Lipinski definition) is 5. The van der Waals surface area contributed by atoms with E-state index in [2.05, 4.69) is 29.4 Å². The van der Waals surface area contributed by atoms with Crippen LogP contribution < -0.4 is 9.47 Å². The van der Waals surface area contributed by atoms with E-state index in [-0.39, 0.29) is 17.7 Å². The Labute approximate surface area is 230 Å². The van der Waals surface area contributed by atoms with Crippen LogP contribution in [0, 0.1) is 17.6 Å². The van der Waals surface area contributed by atoms with Crippen LogP contribution in [0.25, 0.3) is 11.8 Å². The van der Waals surface area contributed by atoms with Crippen LogP contribution in [-0.4, -0.2) is 23.3 Å². The van der Waals surface area contributed by atoms with Crippen LogP contribution in [-0.2, 0) is 0 Å². The summed E-state index contributed by atoms with van der Waals surface area (Å²) >= 11 is 1.59. The summed E-state index contributed by atoms with van der Waals surface area (Å²) in [7, 11) is 0. The second-order valence-electron chi connectivity index (χ2n) is 10.3. The van der Waals surface area contributed by atoms with Crippen molar-refractivity contribution in [1.29, 1.82) is 0 Å². The summed E-state index contributed by atoms with van der Waals surface area (Å²) in [6, 6.07) is 19.3. The number of hydrogen-bond donors (Lipinski definition) is 0. The van der Waals surface area contributed by atoms with Gasteiger partial charge in [0.1, 0.15) is 24.8 Å². The molecule has 7 rings (SSSR count). The SMILES string of the molecule is C[C@H]1CC2=C(N=C3SC=C(c4ccc5c(c4)OCCO5)N3[C@@H]2c2ccc(F)cc2)/C(=C/c2ccc(F)cc2)C1. The van der Waals surface area contributed by atoms with Crippen molar-refractivity contribution in [3.05, 3.63) is 117 Å². The Morgan fingerprint density at radius 1 is 0.897 bits per heavy atom. The van der Waals surface area contributed by atoms with Gasteiger partial charge in [-0.2, -0.15) is 0 Å². The van der Waals surface area contributed by atoms with Gasteiger partial charge in [-0.15, -0.1) is 0 Å². The molecule has 0 saturated heterocycles. The van der Waals surface area contributed by atoms with Crippen molar-refractivity contribution in [3.8, 4) is 11.5 Å². The molecule has 0 saturated carbocycles. The number of nitrogens with zero attached hydrogens (tertiary/aromatic N) is 2. The van der Waals surface area contributed by atoms with Crippen molar-refractivity contribution >= 4 is 28.7 Å². The molecule has 0 radical (unpaired) electrons. The molecule has 3 aromatic rings. The zero-order valence-corrected chi connectivity index (χ0v) is 22.2. The Morgan fingerprint density at radius 3 is 2.38 bits per heavy atom. The molecule has 0 amide bonds. The van der Waals surface area contributed by atoms with Gasteiger partial charge in [0.05, 0.1) is 17.4 Å². The van der Waals surface area contributed by atoms with Crippen LogP contribution in [0.4, 0.5) is 8.78 Å². The fourth-order valence-corrected chi connectivity index (χ4v) is 6.73. The average Bonchev–Trinajstić information content (AvgIpc) is 3.37. The predicted molar refractivity (Wildman–Crippen MR) is 151 cm³/mol. The molecule has 3 aromatic carbocycles. The van der Waals surface area contributed by atoms with Gasteiger partial charge in [-0.1, -0.05) is 43.0 Å². The molecule has 2 atom stereocenters. The Bertz CT molecular complexity index is 1570. The zero-order chi connectivity index (χ0) is 26.5. The average molecular weight is 541 g/mol. The first kappa shape index (κ1) is 24.2. The van der Waals surface area contributed by atoms with Crippen molar-refractivity contribution in [1.82, 2.24) is 4.90 Å². The number of thioether (sulfide) groups is 1. The Morgan fingerprint density at radius 2 is 1.62 bits per heavy atom. The van der Waals surface area contributed by atoms with E-state index >= 15 is 0 Å². The molecular formula is C32H26F2N2O2S. The number of aliphatic imine (C=N–C) groups is 1. The zero-order valence-electron chi connectivity index (χ0n) is 21.4. The molecule has 196 valence electrons. The van der Waals surface area contributed by atoms with Crippen LogP contribution in [0.1, 0.15) is 42.5 Å². The van der Waals surface area contributed by atoms with Gasteiger partial charge in [0, 0.05) is 11.0 Å². The third-order valence-corrected chi connectivity index (χ3v) is 8.36. The minimum absolute atomic E-state index is 0.137. The van der Waals surface area contributed by atoms with E-state index in [1.54, 1.807) is 23.9 Å². The molecule has 0 aromatic heterocycles. The number of rotatable bonds is 3. The monoisotopic (exact) mass is 540 g/mol. The normalized spacial score (nSPS) is 22.8. The fourth-order valence-electron chi connectivity index (χ4n) is 5.81. The van der Waals surface area contributed by atoms with Crippen molar-refractivity contribution in [3.63, 3.8) is 0 Å². The maximum Gasteiger partial charge on any atom is 0.174 e. The number of amidine groups is 1. The van der Waals surface area contributed by atoms with Crippen LogP contribution >= 0.6 is 11.8 Å². The van der Waals surface area contributed by atoms with E-state index in [1.165, 1.54) is 29.8 Å². The highest BCUT2D eigenvalue weighted by molar-refractivity contribution is 8.16. The lowest BCUT2D eigenvalue weighted by atomic mass is 9.78. The first-order valence-corrected chi connectivity index (χ1v) is 14.0. The van der Waals surface area contributed by atoms with Crippen LogP contribution in [0.5, 0.6) is 11.5 Å². The Hall–Kier alpha value is -3.84. The number of fused-ring (bicyclic) bond motifs is 2. The summed E-state index contributed by atoms with van der Waals surface area (Å²) in [6.07, 6.45) is 3.89. The number of ether oxygens (including phenoxy) is 2. The van der Waals surface area contributed by atoms with E-state index in [4.69, 9.17) is 14.5 Å². The lowest BCUT2D eigenvalue weighted by Crippen LogP contribution is -2.35. The largest absolute Gasteiger partial charge is 0.486 e. The van der Waals surface area contributed by atoms with Gasteiger partial charge in [-0.25, -0.2) is 13.8 Å². The van der Waals surface area contributed by atoms with E-state index in [1.807, 2.05) is 24.3 Å². The lowest BCUT2D eigenvalue weighted by Gasteiger charge is -2.41. The minimum atomic E-state index is -0.259. The number of benzene rings is 3. The molecule has 1 aliphatic carbocycles. The molecule has 4 nitrogen and oxygen atoms in total. The minimum Gasteiger partial charge on any atom is -0.486 e. The fraction of sp³-hybridized carbons (Fsp3) is 0.219. The van der Waals surface area contributed by atoms with E-state index in [9.17, 15) is 8.78 Å². The summed E-state index contributed by atoms with van der Waals surface area (Å²) in [5.74, 6) is 1.37. The van der Waals surface area contributed by atoms with Gasteiger partial charge in [-0.3, -0.25) is 0 Å². The molecule has 0 spiro atoms. The van der Waals surface area contributed by atoms with Gasteiger partial charge >= 0.3 is 0 Å². The molecule has 4 aliphatic rings. The van der Waals surface area contributed by atoms with Crippen molar-refractivity contribution in [2.24, 2.45) is 10.9 Å². The highest BCUT2D eigenvalue weighted by Gasteiger charge is 2.41. The number of allylic oxidation sites excluding steroid dienone is 1. The standard InChI is InChI=1S/C32H26F2N2O2S/c1-19-14-23(16-20-2-7-24(33)8-3-20)30-26(15-19)31(21-4-9-25(34)10-5-21)36-27(18-39-32(36)35-30)22-6-11-28-29(17-22)38-13-12-37-28/h2-11,16-19,31H,12-15H2,1H3/b23-16+/t19-,31-/m1/s1. The summed E-state index contributed by atoms with van der Waals surface area (Å²) in [5.41, 5.74) is 7.34. The second kappa shape index (κ2) is 9.72. The Balaban J connectivity index is 1.36. The van der Waals surface area contributed by atoms with E-state index < -0.39 is 0 Å².